The first-order valence-electron chi connectivity index (χ1n) is 9.05. The third-order valence-corrected chi connectivity index (χ3v) is 6.30. The third kappa shape index (κ3) is 7.60. The Kier molecular flexibility index (Phi) is 9.00. The topological polar surface area (TPSA) is 111 Å². The maximum Gasteiger partial charge on any atom is 0.407 e. The van der Waals surface area contributed by atoms with Gasteiger partial charge in [-0.1, -0.05) is 30.3 Å². The number of benzene rings is 2. The number of ether oxygens (including phenoxy) is 2. The molecule has 2 N–H and O–H groups in total. The highest BCUT2D eigenvalue weighted by Crippen LogP contribution is 2.17. The monoisotopic (exact) mass is 452 g/mol. The van der Waals surface area contributed by atoms with E-state index in [2.05, 4.69) is 23.3 Å². The van der Waals surface area contributed by atoms with Gasteiger partial charge in [0.25, 0.3) is 0 Å². The molecule has 2 rings (SSSR count). The molecule has 0 aromatic heterocycles. The van der Waals surface area contributed by atoms with Crippen molar-refractivity contribution in [2.75, 3.05) is 25.2 Å². The molecule has 8 nitrogen and oxygen atoms in total. The molecular weight excluding hydrogens is 428 g/mol. The van der Waals surface area contributed by atoms with Gasteiger partial charge in [0.15, 0.2) is 9.84 Å². The van der Waals surface area contributed by atoms with E-state index in [1.165, 1.54) is 19.2 Å². The lowest BCUT2D eigenvalue weighted by Crippen LogP contribution is -2.45. The first-order chi connectivity index (χ1) is 14.3. The Bertz CT molecular complexity index is 934. The first kappa shape index (κ1) is 23.6. The van der Waals surface area contributed by atoms with Crippen molar-refractivity contribution in [3.63, 3.8) is 0 Å². The lowest BCUT2D eigenvalue weighted by molar-refractivity contribution is -0.120. The second-order valence-corrected chi connectivity index (χ2v) is 8.72. The van der Waals surface area contributed by atoms with E-state index in [1.807, 2.05) is 18.2 Å². The van der Waals surface area contributed by atoms with Crippen molar-refractivity contribution in [1.82, 2.24) is 10.6 Å². The van der Waals surface area contributed by atoms with Crippen molar-refractivity contribution in [2.45, 2.75) is 17.5 Å². The van der Waals surface area contributed by atoms with Gasteiger partial charge in [0.2, 0.25) is 5.91 Å². The van der Waals surface area contributed by atoms with Crippen molar-refractivity contribution in [3.8, 4) is 5.75 Å². The summed E-state index contributed by atoms with van der Waals surface area (Å²) >= 11 is 4.12. The Morgan fingerprint density at radius 1 is 1.07 bits per heavy atom. The summed E-state index contributed by atoms with van der Waals surface area (Å²) in [7, 11) is -2.16. The van der Waals surface area contributed by atoms with E-state index in [4.69, 9.17) is 9.47 Å². The second-order valence-electron chi connectivity index (χ2n) is 6.32. The number of carbonyl (C=O) groups is 2. The Balaban J connectivity index is 1.81. The quantitative estimate of drug-likeness (QED) is 0.474. The molecule has 0 saturated carbocycles. The van der Waals surface area contributed by atoms with Gasteiger partial charge in [-0.2, -0.15) is 12.6 Å². The fraction of sp³-hybridized carbons (Fsp3) is 0.300. The van der Waals surface area contributed by atoms with Crippen LogP contribution in [0.3, 0.4) is 0 Å². The van der Waals surface area contributed by atoms with Gasteiger partial charge in [-0.15, -0.1) is 0 Å². The molecule has 0 saturated heterocycles. The number of hydrogen-bond acceptors (Lipinski definition) is 7. The highest BCUT2D eigenvalue weighted by atomic mass is 32.2. The number of amides is 2. The van der Waals surface area contributed by atoms with Crippen LogP contribution in [0.5, 0.6) is 5.75 Å². The number of alkyl carbamates (subject to hydrolysis) is 1. The van der Waals surface area contributed by atoms with Crippen molar-refractivity contribution in [1.29, 1.82) is 0 Å². The van der Waals surface area contributed by atoms with Crippen molar-refractivity contribution in [3.05, 3.63) is 60.2 Å². The van der Waals surface area contributed by atoms with Gasteiger partial charge in [0.1, 0.15) is 18.9 Å². The molecule has 0 spiro atoms. The number of carbonyl (C=O) groups excluding carboxylic acids is 2. The molecule has 1 atom stereocenters. The van der Waals surface area contributed by atoms with Crippen molar-refractivity contribution in [2.24, 2.45) is 0 Å². The van der Waals surface area contributed by atoms with E-state index >= 15 is 0 Å². The minimum absolute atomic E-state index is 0.0770. The van der Waals surface area contributed by atoms with Gasteiger partial charge < -0.3 is 20.1 Å². The van der Waals surface area contributed by atoms with Gasteiger partial charge >= 0.3 is 6.09 Å². The van der Waals surface area contributed by atoms with Crippen LogP contribution in [0.1, 0.15) is 5.56 Å². The SMILES string of the molecule is COc1ccc(S(=O)(=O)CC(CS)NC(=O)CNC(=O)OCc2ccccc2)cc1. The Morgan fingerprint density at radius 3 is 2.33 bits per heavy atom. The summed E-state index contributed by atoms with van der Waals surface area (Å²) in [5.41, 5.74) is 0.816. The fourth-order valence-electron chi connectivity index (χ4n) is 2.49. The molecule has 2 aromatic rings. The van der Waals surface area contributed by atoms with E-state index in [-0.39, 0.29) is 29.6 Å². The lowest BCUT2D eigenvalue weighted by atomic mass is 10.2. The fourth-order valence-corrected chi connectivity index (χ4v) is 4.36. The Labute approximate surface area is 181 Å². The van der Waals surface area contributed by atoms with Crippen LogP contribution in [-0.4, -0.2) is 51.6 Å². The van der Waals surface area contributed by atoms with Gasteiger partial charge in [-0.25, -0.2) is 13.2 Å². The minimum atomic E-state index is -3.64. The molecule has 10 heteroatoms. The summed E-state index contributed by atoms with van der Waals surface area (Å²) in [6.07, 6.45) is -0.748. The van der Waals surface area contributed by atoms with Gasteiger partial charge in [0, 0.05) is 5.75 Å². The summed E-state index contributed by atoms with van der Waals surface area (Å²) in [4.78, 5) is 23.9. The molecule has 0 radical (unpaired) electrons. The molecule has 0 aliphatic rings. The normalized spacial score (nSPS) is 11.9. The van der Waals surface area contributed by atoms with E-state index in [1.54, 1.807) is 24.3 Å². The van der Waals surface area contributed by atoms with Crippen LogP contribution in [0.4, 0.5) is 4.79 Å². The zero-order chi connectivity index (χ0) is 22.0. The zero-order valence-corrected chi connectivity index (χ0v) is 18.1. The largest absolute Gasteiger partial charge is 0.497 e. The number of rotatable bonds is 10. The zero-order valence-electron chi connectivity index (χ0n) is 16.4. The molecule has 0 heterocycles. The number of nitrogens with one attached hydrogen (secondary N) is 2. The predicted molar refractivity (Wildman–Crippen MR) is 115 cm³/mol. The van der Waals surface area contributed by atoms with Crippen LogP contribution >= 0.6 is 12.6 Å². The van der Waals surface area contributed by atoms with Crippen LogP contribution < -0.4 is 15.4 Å². The molecule has 30 heavy (non-hydrogen) atoms. The van der Waals surface area contributed by atoms with Crippen LogP contribution in [0.15, 0.2) is 59.5 Å². The van der Waals surface area contributed by atoms with E-state index in [9.17, 15) is 18.0 Å². The summed E-state index contributed by atoms with van der Waals surface area (Å²) in [5.74, 6) is -0.221. The number of sulfone groups is 1. The predicted octanol–water partition coefficient (Wildman–Crippen LogP) is 1.81. The molecule has 0 fully saturated rings. The Hall–Kier alpha value is -2.72. The van der Waals surface area contributed by atoms with Crippen molar-refractivity contribution >= 4 is 34.5 Å². The second kappa shape index (κ2) is 11.5. The summed E-state index contributed by atoms with van der Waals surface area (Å²) in [6, 6.07) is 14.4. The van der Waals surface area contributed by atoms with Crippen LogP contribution in [-0.2, 0) is 26.0 Å². The first-order valence-corrected chi connectivity index (χ1v) is 11.3. The molecule has 162 valence electrons. The number of thiol groups is 1. The molecule has 0 aliphatic carbocycles. The van der Waals surface area contributed by atoms with Crippen LogP contribution in [0.25, 0.3) is 0 Å². The van der Waals surface area contributed by atoms with Gasteiger partial charge in [0.05, 0.1) is 23.8 Å². The molecule has 0 aliphatic heterocycles. The van der Waals surface area contributed by atoms with Crippen LogP contribution in [0, 0.1) is 0 Å². The third-order valence-electron chi connectivity index (χ3n) is 4.03. The summed E-state index contributed by atoms with van der Waals surface area (Å²) < 4.78 is 35.1. The highest BCUT2D eigenvalue weighted by molar-refractivity contribution is 7.91. The molecule has 1 unspecified atom stereocenters. The molecule has 2 amide bonds. The van der Waals surface area contributed by atoms with Crippen molar-refractivity contribution < 1.29 is 27.5 Å². The van der Waals surface area contributed by atoms with E-state index in [0.29, 0.717) is 5.75 Å². The highest BCUT2D eigenvalue weighted by Gasteiger charge is 2.22. The maximum atomic E-state index is 12.6. The smallest absolute Gasteiger partial charge is 0.407 e. The Morgan fingerprint density at radius 2 is 1.73 bits per heavy atom. The molecule has 0 bridgehead atoms. The standard InChI is InChI=1S/C20H24N2O6S2/c1-27-17-7-9-18(10-8-17)30(25,26)14-16(13-29)22-19(23)11-21-20(24)28-12-15-5-3-2-4-6-15/h2-10,16,29H,11-14H2,1H3,(H,21,24)(H,22,23). The van der Waals surface area contributed by atoms with Gasteiger partial charge in [-0.3, -0.25) is 4.79 Å². The van der Waals surface area contributed by atoms with Crippen LogP contribution in [0.2, 0.25) is 0 Å². The maximum absolute atomic E-state index is 12.6. The summed E-state index contributed by atoms with van der Waals surface area (Å²) in [5, 5.41) is 4.88. The minimum Gasteiger partial charge on any atom is -0.497 e. The molecular formula is C20H24N2O6S2. The summed E-state index contributed by atoms with van der Waals surface area (Å²) in [6.45, 7) is -0.270. The molecule has 2 aromatic carbocycles. The van der Waals surface area contributed by atoms with E-state index in [0.717, 1.165) is 5.56 Å². The average molecular weight is 453 g/mol. The van der Waals surface area contributed by atoms with E-state index < -0.39 is 27.9 Å². The van der Waals surface area contributed by atoms with Gasteiger partial charge in [-0.05, 0) is 29.8 Å². The number of hydrogen-bond donors (Lipinski definition) is 3. The lowest BCUT2D eigenvalue weighted by Gasteiger charge is -2.17. The number of methoxy groups -OCH3 is 1. The average Bonchev–Trinajstić information content (AvgIpc) is 2.76.